The first-order chi connectivity index (χ1) is 13.5. The van der Waals surface area contributed by atoms with Crippen molar-refractivity contribution in [3.05, 3.63) is 53.6 Å². The smallest absolute Gasteiger partial charge is 0.248 e. The van der Waals surface area contributed by atoms with Crippen LogP contribution in [0, 0.1) is 13.8 Å². The maximum absolute atomic E-state index is 12.3. The third-order valence-electron chi connectivity index (χ3n) is 4.28. The van der Waals surface area contributed by atoms with Crippen LogP contribution >= 0.6 is 0 Å². The van der Waals surface area contributed by atoms with Crippen LogP contribution in [0.5, 0.6) is 5.75 Å². The van der Waals surface area contributed by atoms with Crippen molar-refractivity contribution in [3.8, 4) is 17.1 Å². The molecule has 0 unspecified atom stereocenters. The average Bonchev–Trinajstić information content (AvgIpc) is 3.14. The molecular weight excluding hydrogens is 354 g/mol. The van der Waals surface area contributed by atoms with Crippen molar-refractivity contribution in [1.82, 2.24) is 20.2 Å². The molecule has 1 heterocycles. The van der Waals surface area contributed by atoms with E-state index in [1.165, 1.54) is 4.80 Å². The van der Waals surface area contributed by atoms with Crippen LogP contribution in [0.3, 0.4) is 0 Å². The molecule has 2 aromatic carbocycles. The number of carbonyl (C=O) groups is 1. The van der Waals surface area contributed by atoms with Crippen LogP contribution in [-0.4, -0.2) is 32.7 Å². The molecule has 1 aromatic heterocycles. The van der Waals surface area contributed by atoms with Crippen LogP contribution in [0.4, 0.5) is 5.69 Å². The number of nitrogens with one attached hydrogen (secondary N) is 1. The fourth-order valence-electron chi connectivity index (χ4n) is 2.65. The van der Waals surface area contributed by atoms with E-state index >= 15 is 0 Å². The van der Waals surface area contributed by atoms with Crippen molar-refractivity contribution < 1.29 is 9.53 Å². The van der Waals surface area contributed by atoms with E-state index in [9.17, 15) is 4.79 Å². The van der Waals surface area contributed by atoms with Crippen LogP contribution in [0.2, 0.25) is 0 Å². The minimum atomic E-state index is -0.197. The number of aryl methyl sites for hydroxylation is 2. The Bertz CT molecular complexity index is 934. The zero-order chi connectivity index (χ0) is 19.9. The quantitative estimate of drug-likeness (QED) is 0.603. The highest BCUT2D eigenvalue weighted by molar-refractivity contribution is 5.91. The second-order valence-corrected chi connectivity index (χ2v) is 6.74. The van der Waals surface area contributed by atoms with E-state index in [0.29, 0.717) is 12.4 Å². The molecule has 0 saturated carbocycles. The lowest BCUT2D eigenvalue weighted by molar-refractivity contribution is -0.117. The van der Waals surface area contributed by atoms with E-state index in [1.807, 2.05) is 56.3 Å². The van der Waals surface area contributed by atoms with Gasteiger partial charge in [-0.25, -0.2) is 0 Å². The molecule has 146 valence electrons. The van der Waals surface area contributed by atoms with Crippen molar-refractivity contribution in [1.29, 1.82) is 0 Å². The summed E-state index contributed by atoms with van der Waals surface area (Å²) in [5, 5.41) is 15.2. The summed E-state index contributed by atoms with van der Waals surface area (Å²) in [7, 11) is 0. The Morgan fingerprint density at radius 1 is 1.14 bits per heavy atom. The second-order valence-electron chi connectivity index (χ2n) is 6.74. The molecular formula is C21H25N5O2. The fraction of sp³-hybridized carbons (Fsp3) is 0.333. The van der Waals surface area contributed by atoms with Gasteiger partial charge in [0.2, 0.25) is 11.7 Å². The first-order valence-corrected chi connectivity index (χ1v) is 9.43. The summed E-state index contributed by atoms with van der Waals surface area (Å²) < 4.78 is 5.66. The number of tetrazole rings is 1. The van der Waals surface area contributed by atoms with E-state index in [2.05, 4.69) is 27.7 Å². The maximum Gasteiger partial charge on any atom is 0.248 e. The standard InChI is InChI=1S/C21H25N5O2/c1-4-5-12-28-18-10-8-17(9-11-18)21-23-25-26(24-21)14-20(27)22-19-13-15(2)6-7-16(19)3/h6-11,13H,4-5,12,14H2,1-3H3,(H,22,27). The highest BCUT2D eigenvalue weighted by Gasteiger charge is 2.11. The predicted octanol–water partition coefficient (Wildman–Crippen LogP) is 3.77. The second kappa shape index (κ2) is 9.12. The van der Waals surface area contributed by atoms with E-state index in [-0.39, 0.29) is 12.5 Å². The number of benzene rings is 2. The van der Waals surface area contributed by atoms with Crippen LogP contribution < -0.4 is 10.1 Å². The molecule has 0 aliphatic heterocycles. The molecule has 28 heavy (non-hydrogen) atoms. The summed E-state index contributed by atoms with van der Waals surface area (Å²) in [5.74, 6) is 1.09. The van der Waals surface area contributed by atoms with Gasteiger partial charge in [-0.3, -0.25) is 4.79 Å². The van der Waals surface area contributed by atoms with E-state index < -0.39 is 0 Å². The lowest BCUT2D eigenvalue weighted by atomic mass is 10.1. The normalized spacial score (nSPS) is 10.7. The van der Waals surface area contributed by atoms with Crippen molar-refractivity contribution in [2.45, 2.75) is 40.2 Å². The maximum atomic E-state index is 12.3. The number of ether oxygens (including phenoxy) is 1. The van der Waals surface area contributed by atoms with E-state index in [0.717, 1.165) is 41.0 Å². The molecule has 0 bridgehead atoms. The van der Waals surface area contributed by atoms with E-state index in [1.54, 1.807) is 0 Å². The lowest BCUT2D eigenvalue weighted by Crippen LogP contribution is -2.21. The van der Waals surface area contributed by atoms with Crippen molar-refractivity contribution in [2.75, 3.05) is 11.9 Å². The molecule has 0 fully saturated rings. The SMILES string of the molecule is CCCCOc1ccc(-c2nnn(CC(=O)Nc3cc(C)ccc3C)n2)cc1. The summed E-state index contributed by atoms with van der Waals surface area (Å²) in [6.07, 6.45) is 2.13. The topological polar surface area (TPSA) is 81.9 Å². The molecule has 1 N–H and O–H groups in total. The molecule has 0 atom stereocenters. The molecule has 0 radical (unpaired) electrons. The monoisotopic (exact) mass is 379 g/mol. The summed E-state index contributed by atoms with van der Waals surface area (Å²) in [4.78, 5) is 13.6. The van der Waals surface area contributed by atoms with Crippen molar-refractivity contribution >= 4 is 11.6 Å². The Morgan fingerprint density at radius 2 is 1.93 bits per heavy atom. The molecule has 1 amide bonds. The highest BCUT2D eigenvalue weighted by Crippen LogP contribution is 2.19. The van der Waals surface area contributed by atoms with Gasteiger partial charge in [0.25, 0.3) is 0 Å². The molecule has 3 aromatic rings. The molecule has 0 spiro atoms. The number of rotatable bonds is 8. The fourth-order valence-corrected chi connectivity index (χ4v) is 2.65. The van der Waals surface area contributed by atoms with Crippen molar-refractivity contribution in [3.63, 3.8) is 0 Å². The van der Waals surface area contributed by atoms with Gasteiger partial charge in [0, 0.05) is 11.3 Å². The van der Waals surface area contributed by atoms with Gasteiger partial charge in [0.05, 0.1) is 6.61 Å². The van der Waals surface area contributed by atoms with Gasteiger partial charge in [-0.1, -0.05) is 25.5 Å². The Labute approximate surface area is 164 Å². The number of unbranched alkanes of at least 4 members (excludes halogenated alkanes) is 1. The van der Waals surface area contributed by atoms with Gasteiger partial charge in [0.15, 0.2) is 0 Å². The van der Waals surface area contributed by atoms with Crippen LogP contribution in [0.15, 0.2) is 42.5 Å². The van der Waals surface area contributed by atoms with Gasteiger partial charge in [-0.15, -0.1) is 10.2 Å². The van der Waals surface area contributed by atoms with Crippen LogP contribution in [-0.2, 0) is 11.3 Å². The average molecular weight is 379 g/mol. The number of amides is 1. The Hall–Kier alpha value is -3.22. The number of hydrogen-bond acceptors (Lipinski definition) is 5. The predicted molar refractivity (Wildman–Crippen MR) is 108 cm³/mol. The zero-order valence-corrected chi connectivity index (χ0v) is 16.5. The van der Waals surface area contributed by atoms with Gasteiger partial charge in [-0.2, -0.15) is 4.80 Å². The molecule has 0 saturated heterocycles. The number of carbonyl (C=O) groups excluding carboxylic acids is 1. The largest absolute Gasteiger partial charge is 0.494 e. The Morgan fingerprint density at radius 3 is 2.68 bits per heavy atom. The highest BCUT2D eigenvalue weighted by atomic mass is 16.5. The van der Waals surface area contributed by atoms with Gasteiger partial charge in [-0.05, 0) is 66.9 Å². The lowest BCUT2D eigenvalue weighted by Gasteiger charge is -2.08. The molecule has 0 aliphatic rings. The molecule has 3 rings (SSSR count). The summed E-state index contributed by atoms with van der Waals surface area (Å²) in [6.45, 7) is 6.78. The number of nitrogens with zero attached hydrogens (tertiary/aromatic N) is 4. The number of aromatic nitrogens is 4. The van der Waals surface area contributed by atoms with Crippen molar-refractivity contribution in [2.24, 2.45) is 0 Å². The minimum absolute atomic E-state index is 0.00139. The Balaban J connectivity index is 1.60. The Kier molecular flexibility index (Phi) is 6.37. The van der Waals surface area contributed by atoms with E-state index in [4.69, 9.17) is 4.74 Å². The first kappa shape index (κ1) is 19.5. The van der Waals surface area contributed by atoms with Crippen LogP contribution in [0.25, 0.3) is 11.4 Å². The zero-order valence-electron chi connectivity index (χ0n) is 16.5. The number of anilines is 1. The van der Waals surface area contributed by atoms with Gasteiger partial charge >= 0.3 is 0 Å². The number of hydrogen-bond donors (Lipinski definition) is 1. The van der Waals surface area contributed by atoms with Gasteiger partial charge in [0.1, 0.15) is 12.3 Å². The third kappa shape index (κ3) is 5.16. The summed E-state index contributed by atoms with van der Waals surface area (Å²) in [6, 6.07) is 13.5. The van der Waals surface area contributed by atoms with Gasteiger partial charge < -0.3 is 10.1 Å². The summed E-state index contributed by atoms with van der Waals surface area (Å²) >= 11 is 0. The first-order valence-electron chi connectivity index (χ1n) is 9.43. The van der Waals surface area contributed by atoms with Crippen LogP contribution in [0.1, 0.15) is 30.9 Å². The third-order valence-corrected chi connectivity index (χ3v) is 4.28. The molecule has 7 heteroatoms. The molecule has 7 nitrogen and oxygen atoms in total. The minimum Gasteiger partial charge on any atom is -0.494 e. The molecule has 0 aliphatic carbocycles. The summed E-state index contributed by atoms with van der Waals surface area (Å²) in [5.41, 5.74) is 3.71.